The lowest BCUT2D eigenvalue weighted by molar-refractivity contribution is 0.468. The van der Waals surface area contributed by atoms with Gasteiger partial charge in [0.2, 0.25) is 0 Å². The van der Waals surface area contributed by atoms with Gasteiger partial charge in [-0.15, -0.1) is 0 Å². The van der Waals surface area contributed by atoms with Gasteiger partial charge in [-0.1, -0.05) is 24.6 Å². The lowest BCUT2D eigenvalue weighted by Gasteiger charge is -2.05. The topological polar surface area (TPSA) is 53.1 Å². The van der Waals surface area contributed by atoms with Crippen LogP contribution >= 0.6 is 11.6 Å². The van der Waals surface area contributed by atoms with E-state index in [0.29, 0.717) is 15.9 Å². The first-order valence-electron chi connectivity index (χ1n) is 4.67. The van der Waals surface area contributed by atoms with E-state index in [1.807, 2.05) is 13.0 Å². The fraction of sp³-hybridized carbons (Fsp3) is 0.182. The van der Waals surface area contributed by atoms with E-state index in [1.165, 1.54) is 6.07 Å². The van der Waals surface area contributed by atoms with Crippen molar-refractivity contribution in [2.45, 2.75) is 13.3 Å². The molecule has 3 nitrogen and oxygen atoms in total. The van der Waals surface area contributed by atoms with Crippen molar-refractivity contribution in [3.63, 3.8) is 0 Å². The zero-order chi connectivity index (χ0) is 11.0. The van der Waals surface area contributed by atoms with Gasteiger partial charge in [0.1, 0.15) is 0 Å². The van der Waals surface area contributed by atoms with Crippen LogP contribution in [0.2, 0.25) is 5.02 Å². The van der Waals surface area contributed by atoms with Gasteiger partial charge in [0.15, 0.2) is 5.75 Å². The molecule has 4 heteroatoms. The van der Waals surface area contributed by atoms with Crippen LogP contribution in [0, 0.1) is 0 Å². The Labute approximate surface area is 91.3 Å². The predicted molar refractivity (Wildman–Crippen MR) is 60.6 cm³/mol. The zero-order valence-electron chi connectivity index (χ0n) is 8.17. The number of fused-ring (bicyclic) bond motifs is 1. The highest BCUT2D eigenvalue weighted by Gasteiger charge is 2.07. The lowest BCUT2D eigenvalue weighted by Crippen LogP contribution is -2.05. The molecule has 1 aromatic carbocycles. The van der Waals surface area contributed by atoms with Crippen LogP contribution in [0.25, 0.3) is 10.9 Å². The van der Waals surface area contributed by atoms with Gasteiger partial charge in [0.25, 0.3) is 5.56 Å². The third kappa shape index (κ3) is 1.59. The Kier molecular flexibility index (Phi) is 2.40. The molecule has 1 aromatic heterocycles. The summed E-state index contributed by atoms with van der Waals surface area (Å²) in [6, 6.07) is 5.04. The summed E-state index contributed by atoms with van der Waals surface area (Å²) >= 11 is 5.98. The van der Waals surface area contributed by atoms with Crippen LogP contribution in [0.4, 0.5) is 0 Å². The second kappa shape index (κ2) is 3.59. The number of H-pyrrole nitrogens is 1. The molecule has 0 fully saturated rings. The van der Waals surface area contributed by atoms with Crippen LogP contribution < -0.4 is 5.56 Å². The highest BCUT2D eigenvalue weighted by Crippen LogP contribution is 2.26. The van der Waals surface area contributed by atoms with E-state index in [4.69, 9.17) is 11.6 Å². The fourth-order valence-electron chi connectivity index (χ4n) is 1.60. The van der Waals surface area contributed by atoms with E-state index < -0.39 is 5.56 Å². The molecule has 0 saturated carbocycles. The molecule has 0 amide bonds. The van der Waals surface area contributed by atoms with Crippen molar-refractivity contribution < 1.29 is 5.11 Å². The molecular formula is C11H10ClNO2. The molecule has 2 N–H and O–H groups in total. The number of aromatic amines is 1. The molecule has 1 heterocycles. The summed E-state index contributed by atoms with van der Waals surface area (Å²) in [6.45, 7) is 1.99. The van der Waals surface area contributed by atoms with Crippen molar-refractivity contribution in [3.05, 3.63) is 39.1 Å². The summed E-state index contributed by atoms with van der Waals surface area (Å²) in [5.41, 5.74) is 1.22. The number of nitrogens with one attached hydrogen (secondary N) is 1. The first-order chi connectivity index (χ1) is 7.13. The highest BCUT2D eigenvalue weighted by atomic mass is 35.5. The Morgan fingerprint density at radius 3 is 2.87 bits per heavy atom. The third-order valence-corrected chi connectivity index (χ3v) is 2.74. The monoisotopic (exact) mass is 223 g/mol. The summed E-state index contributed by atoms with van der Waals surface area (Å²) < 4.78 is 0. The maximum Gasteiger partial charge on any atom is 0.290 e. The maximum absolute atomic E-state index is 11.3. The number of aryl methyl sites for hydroxylation is 1. The number of halogens is 1. The summed E-state index contributed by atoms with van der Waals surface area (Å²) in [7, 11) is 0. The third-order valence-electron chi connectivity index (χ3n) is 2.41. The molecule has 78 valence electrons. The fourth-order valence-corrected chi connectivity index (χ4v) is 1.81. The van der Waals surface area contributed by atoms with Gasteiger partial charge < -0.3 is 10.1 Å². The number of rotatable bonds is 1. The van der Waals surface area contributed by atoms with E-state index in [2.05, 4.69) is 4.98 Å². The maximum atomic E-state index is 11.3. The highest BCUT2D eigenvalue weighted by molar-refractivity contribution is 6.35. The minimum atomic E-state index is -0.487. The predicted octanol–water partition coefficient (Wildman–Crippen LogP) is 2.45. The Morgan fingerprint density at radius 1 is 1.47 bits per heavy atom. The first kappa shape index (κ1) is 10.1. The Morgan fingerprint density at radius 2 is 2.20 bits per heavy atom. The second-order valence-corrected chi connectivity index (χ2v) is 3.74. The van der Waals surface area contributed by atoms with Gasteiger partial charge in [-0.3, -0.25) is 4.79 Å². The molecule has 0 aliphatic rings. The first-order valence-corrected chi connectivity index (χ1v) is 5.04. The lowest BCUT2D eigenvalue weighted by atomic mass is 10.1. The number of hydrogen-bond donors (Lipinski definition) is 2. The molecular weight excluding hydrogens is 214 g/mol. The molecule has 0 aliphatic heterocycles. The van der Waals surface area contributed by atoms with Gasteiger partial charge >= 0.3 is 0 Å². The molecule has 0 aliphatic carbocycles. The number of aromatic hydroxyl groups is 1. The van der Waals surface area contributed by atoms with E-state index in [-0.39, 0.29) is 5.75 Å². The van der Waals surface area contributed by atoms with Crippen LogP contribution in [0.15, 0.2) is 23.0 Å². The number of aromatic nitrogens is 1. The molecule has 0 bridgehead atoms. The van der Waals surface area contributed by atoms with Gasteiger partial charge in [-0.25, -0.2) is 0 Å². The Bertz CT molecular complexity index is 575. The molecule has 0 unspecified atom stereocenters. The number of pyridine rings is 1. The SMILES string of the molecule is CCc1ccc(Cl)c2cc(O)c(=O)[nH]c12. The van der Waals surface area contributed by atoms with Crippen LogP contribution in [0.3, 0.4) is 0 Å². The van der Waals surface area contributed by atoms with Crippen molar-refractivity contribution in [3.8, 4) is 5.75 Å². The average molecular weight is 224 g/mol. The van der Waals surface area contributed by atoms with Gasteiger partial charge in [-0.05, 0) is 24.1 Å². The number of hydrogen-bond acceptors (Lipinski definition) is 2. The minimum absolute atomic E-state index is 0.308. The van der Waals surface area contributed by atoms with Crippen molar-refractivity contribution in [1.29, 1.82) is 0 Å². The largest absolute Gasteiger partial charge is 0.503 e. The minimum Gasteiger partial charge on any atom is -0.503 e. The van der Waals surface area contributed by atoms with E-state index >= 15 is 0 Å². The summed E-state index contributed by atoms with van der Waals surface area (Å²) in [5.74, 6) is -0.308. The normalized spacial score (nSPS) is 10.8. The number of benzene rings is 1. The van der Waals surface area contributed by atoms with Crippen LogP contribution in [-0.4, -0.2) is 10.1 Å². The van der Waals surface area contributed by atoms with E-state index in [1.54, 1.807) is 6.07 Å². The summed E-state index contributed by atoms with van der Waals surface area (Å²) in [5, 5.41) is 10.5. The van der Waals surface area contributed by atoms with Crippen molar-refractivity contribution >= 4 is 22.5 Å². The van der Waals surface area contributed by atoms with Crippen molar-refractivity contribution in [2.75, 3.05) is 0 Å². The standard InChI is InChI=1S/C11H10ClNO2/c1-2-6-3-4-8(12)7-5-9(14)11(15)13-10(6)7/h3-5,14H,2H2,1H3,(H,13,15). The average Bonchev–Trinajstić information content (AvgIpc) is 2.22. The van der Waals surface area contributed by atoms with Crippen LogP contribution in [0.5, 0.6) is 5.75 Å². The van der Waals surface area contributed by atoms with E-state index in [9.17, 15) is 9.90 Å². The summed E-state index contributed by atoms with van der Waals surface area (Å²) in [6.07, 6.45) is 0.800. The molecule has 0 radical (unpaired) electrons. The molecule has 0 spiro atoms. The summed E-state index contributed by atoms with van der Waals surface area (Å²) in [4.78, 5) is 13.9. The van der Waals surface area contributed by atoms with Gasteiger partial charge in [0, 0.05) is 5.39 Å². The molecule has 15 heavy (non-hydrogen) atoms. The van der Waals surface area contributed by atoms with E-state index in [0.717, 1.165) is 12.0 Å². The van der Waals surface area contributed by atoms with Crippen molar-refractivity contribution in [2.24, 2.45) is 0 Å². The van der Waals surface area contributed by atoms with Gasteiger partial charge in [-0.2, -0.15) is 0 Å². The van der Waals surface area contributed by atoms with Gasteiger partial charge in [0.05, 0.1) is 10.5 Å². The Balaban J connectivity index is 2.95. The van der Waals surface area contributed by atoms with Crippen LogP contribution in [-0.2, 0) is 6.42 Å². The second-order valence-electron chi connectivity index (χ2n) is 3.33. The molecule has 2 aromatic rings. The zero-order valence-corrected chi connectivity index (χ0v) is 8.93. The Hall–Kier alpha value is -1.48. The molecule has 0 atom stereocenters. The molecule has 2 rings (SSSR count). The smallest absolute Gasteiger partial charge is 0.290 e. The van der Waals surface area contributed by atoms with Crippen LogP contribution in [0.1, 0.15) is 12.5 Å². The molecule has 0 saturated heterocycles. The quantitative estimate of drug-likeness (QED) is 0.780. The van der Waals surface area contributed by atoms with Crippen molar-refractivity contribution in [1.82, 2.24) is 4.98 Å².